The number of nitrogens with two attached hydrogens (primary N) is 1. The first kappa shape index (κ1) is 30.3. The molecule has 5 rings (SSSR count). The number of fused-ring (bicyclic) bond motifs is 1. The van der Waals surface area contributed by atoms with Crippen molar-refractivity contribution >= 4 is 40.6 Å². The number of esters is 1. The normalized spacial score (nSPS) is 23.2. The van der Waals surface area contributed by atoms with Crippen LogP contribution in [0.15, 0.2) is 41.0 Å². The zero-order valence-electron chi connectivity index (χ0n) is 24.3. The number of aryl methyl sites for hydroxylation is 1. The summed E-state index contributed by atoms with van der Waals surface area (Å²) in [5, 5.41) is 18.5. The topological polar surface area (TPSA) is 115 Å². The second-order valence-corrected chi connectivity index (χ2v) is 13.0. The fourth-order valence-corrected chi connectivity index (χ4v) is 7.01. The maximum absolute atomic E-state index is 15.6. The molecule has 2 fully saturated rings. The molecule has 2 aromatic rings. The summed E-state index contributed by atoms with van der Waals surface area (Å²) in [5.41, 5.74) is 1.12. The van der Waals surface area contributed by atoms with Crippen LogP contribution in [-0.2, 0) is 14.3 Å². The number of aliphatic carboxylic acids is 1. The summed E-state index contributed by atoms with van der Waals surface area (Å²) in [5.74, 6) is -1.66. The summed E-state index contributed by atoms with van der Waals surface area (Å²) in [6.07, 6.45) is 1.43. The average molecular weight is 618 g/mol. The van der Waals surface area contributed by atoms with E-state index in [-0.39, 0.29) is 24.6 Å². The van der Waals surface area contributed by atoms with Gasteiger partial charge in [0.05, 0.1) is 23.6 Å². The Morgan fingerprint density at radius 3 is 2.79 bits per heavy atom. The monoisotopic (exact) mass is 617 g/mol. The number of aromatic nitrogens is 1. The number of rotatable bonds is 9. The largest absolute Gasteiger partial charge is 0.481 e. The first-order chi connectivity index (χ1) is 20.0. The Hall–Kier alpha value is -3.13. The molecule has 0 spiro atoms. The van der Waals surface area contributed by atoms with Gasteiger partial charge >= 0.3 is 11.9 Å². The number of benzene rings is 1. The van der Waals surface area contributed by atoms with Crippen molar-refractivity contribution in [3.8, 4) is 0 Å². The first-order valence-corrected chi connectivity index (χ1v) is 15.5. The molecule has 0 bridgehead atoms. The highest BCUT2D eigenvalue weighted by molar-refractivity contribution is 7.80. The van der Waals surface area contributed by atoms with Gasteiger partial charge in [0.2, 0.25) is 6.17 Å². The van der Waals surface area contributed by atoms with Gasteiger partial charge in [0.1, 0.15) is 11.4 Å². The molecule has 3 aliphatic heterocycles. The lowest BCUT2D eigenvalue weighted by Crippen LogP contribution is -2.91. The minimum atomic E-state index is -0.925. The Morgan fingerprint density at radius 2 is 2.10 bits per heavy atom. The van der Waals surface area contributed by atoms with Gasteiger partial charge in [0.15, 0.2) is 16.2 Å². The van der Waals surface area contributed by atoms with E-state index in [1.54, 1.807) is 46.0 Å². The molecule has 0 saturated carbocycles. The maximum atomic E-state index is 15.6. The Morgan fingerprint density at radius 1 is 1.31 bits per heavy atom. The van der Waals surface area contributed by atoms with Crippen molar-refractivity contribution in [3.63, 3.8) is 0 Å². The van der Waals surface area contributed by atoms with Gasteiger partial charge in [0.25, 0.3) is 0 Å². The lowest BCUT2D eigenvalue weighted by Gasteiger charge is -2.39. The van der Waals surface area contributed by atoms with Crippen molar-refractivity contribution in [2.24, 2.45) is 5.41 Å². The highest BCUT2D eigenvalue weighted by Crippen LogP contribution is 2.32. The van der Waals surface area contributed by atoms with E-state index in [9.17, 15) is 14.7 Å². The van der Waals surface area contributed by atoms with Gasteiger partial charge in [-0.15, -0.1) is 11.3 Å². The Bertz CT molecular complexity index is 1380. The number of nitrogens with zero attached hydrogens (tertiary/aromatic N) is 4. The molecule has 2 saturated heterocycles. The number of hydrogen-bond donors (Lipinski definition) is 3. The quantitative estimate of drug-likeness (QED) is 0.285. The molecule has 13 heteroatoms. The number of ether oxygens (including phenoxy) is 1. The summed E-state index contributed by atoms with van der Waals surface area (Å²) in [6, 6.07) is 4.74. The highest BCUT2D eigenvalue weighted by atomic mass is 32.1. The minimum Gasteiger partial charge on any atom is -0.481 e. The van der Waals surface area contributed by atoms with Crippen LogP contribution in [0.5, 0.6) is 0 Å². The van der Waals surface area contributed by atoms with Crippen LogP contribution in [0.2, 0.25) is 0 Å². The van der Waals surface area contributed by atoms with Gasteiger partial charge in [-0.3, -0.25) is 9.69 Å². The van der Waals surface area contributed by atoms with E-state index in [2.05, 4.69) is 20.1 Å². The van der Waals surface area contributed by atoms with Crippen molar-refractivity contribution in [1.29, 1.82) is 0 Å². The number of piperazine rings is 1. The SMILES string of the molecule is CCOC(=O)C1=C(CN2CCN3C(=S)N(CC(C)(C)C(=O)O)CC3C2)NC(c2nccs2)[NH2+]C1c1cccc(C)c1F. The fourth-order valence-electron chi connectivity index (χ4n) is 5.97. The highest BCUT2D eigenvalue weighted by Gasteiger charge is 2.44. The van der Waals surface area contributed by atoms with Gasteiger partial charge in [-0.05, 0) is 51.5 Å². The zero-order valence-corrected chi connectivity index (χ0v) is 25.9. The predicted octanol–water partition coefficient (Wildman–Crippen LogP) is 2.01. The van der Waals surface area contributed by atoms with Crippen LogP contribution in [0.1, 0.15) is 49.1 Å². The van der Waals surface area contributed by atoms with Crippen LogP contribution in [0.4, 0.5) is 4.39 Å². The number of hydrogen-bond acceptors (Lipinski definition) is 8. The van der Waals surface area contributed by atoms with Crippen LogP contribution >= 0.6 is 23.6 Å². The van der Waals surface area contributed by atoms with Gasteiger partial charge in [-0.1, -0.05) is 12.1 Å². The summed E-state index contributed by atoms with van der Waals surface area (Å²) in [4.78, 5) is 36.2. The van der Waals surface area contributed by atoms with Gasteiger partial charge in [-0.2, -0.15) is 0 Å². The van der Waals surface area contributed by atoms with E-state index in [4.69, 9.17) is 17.0 Å². The third-order valence-corrected chi connectivity index (χ3v) is 9.53. The number of halogens is 1. The maximum Gasteiger partial charge on any atom is 0.342 e. The van der Waals surface area contributed by atoms with Crippen LogP contribution in [0, 0.1) is 18.2 Å². The molecule has 3 aliphatic rings. The molecule has 0 aliphatic carbocycles. The van der Waals surface area contributed by atoms with Crippen molar-refractivity contribution in [1.82, 2.24) is 25.0 Å². The van der Waals surface area contributed by atoms with E-state index in [0.29, 0.717) is 66.8 Å². The lowest BCUT2D eigenvalue weighted by molar-refractivity contribution is -0.734. The van der Waals surface area contributed by atoms with E-state index in [1.807, 2.05) is 21.7 Å². The van der Waals surface area contributed by atoms with Gasteiger partial charge < -0.3 is 30.3 Å². The third-order valence-electron chi connectivity index (χ3n) is 8.18. The van der Waals surface area contributed by atoms with E-state index >= 15 is 4.39 Å². The Balaban J connectivity index is 1.45. The van der Waals surface area contributed by atoms with E-state index < -0.39 is 23.4 Å². The molecule has 4 N–H and O–H groups in total. The number of thiocarbonyl (C=S) groups is 1. The smallest absolute Gasteiger partial charge is 0.342 e. The molecular formula is C29H38FN6O4S2+. The van der Waals surface area contributed by atoms with E-state index in [1.165, 1.54) is 11.3 Å². The zero-order chi connectivity index (χ0) is 30.2. The van der Waals surface area contributed by atoms with Crippen molar-refractivity contribution in [3.05, 3.63) is 63.0 Å². The van der Waals surface area contributed by atoms with Gasteiger partial charge in [-0.25, -0.2) is 14.2 Å². The summed E-state index contributed by atoms with van der Waals surface area (Å²) in [7, 11) is 0. The van der Waals surface area contributed by atoms with Crippen LogP contribution < -0.4 is 10.6 Å². The summed E-state index contributed by atoms with van der Waals surface area (Å²) in [6.45, 7) is 10.6. The molecule has 42 heavy (non-hydrogen) atoms. The number of carbonyl (C=O) groups is 2. The molecular weight excluding hydrogens is 579 g/mol. The number of quaternary nitrogens is 1. The minimum absolute atomic E-state index is 0.0948. The number of nitrogens with one attached hydrogen (secondary N) is 1. The standard InChI is InChI=1S/C29H37FN6O4S2/c1-5-40-26(37)21-20(15-34-10-11-36-18(13-34)14-35(28(36)41)16-29(3,4)27(38)39)32-24(25-31-9-12-42-25)33-23(21)19-8-6-7-17(2)22(19)30/h6-9,12,18,23-24,32-33H,5,10-11,13-16H2,1-4H3,(H,38,39)/p+1. The van der Waals surface area contributed by atoms with Crippen molar-refractivity contribution in [2.75, 3.05) is 45.9 Å². The predicted molar refractivity (Wildman–Crippen MR) is 160 cm³/mol. The second-order valence-electron chi connectivity index (χ2n) is 11.7. The molecule has 0 amide bonds. The number of carbonyl (C=O) groups excluding carboxylic acids is 1. The molecule has 3 atom stereocenters. The van der Waals surface area contributed by atoms with Gasteiger partial charge in [0, 0.05) is 56.5 Å². The first-order valence-electron chi connectivity index (χ1n) is 14.2. The molecule has 3 unspecified atom stereocenters. The van der Waals surface area contributed by atoms with Crippen molar-refractivity contribution < 1.29 is 29.1 Å². The van der Waals surface area contributed by atoms with Crippen LogP contribution in [-0.4, -0.2) is 93.8 Å². The molecule has 0 radical (unpaired) electrons. The lowest BCUT2D eigenvalue weighted by atomic mass is 9.92. The fraction of sp³-hybridized carbons (Fsp3) is 0.517. The van der Waals surface area contributed by atoms with E-state index in [0.717, 1.165) is 5.01 Å². The Kier molecular flexibility index (Phi) is 8.83. The van der Waals surface area contributed by atoms with Crippen LogP contribution in [0.3, 0.4) is 0 Å². The number of thiazole rings is 1. The number of carboxylic acid groups (broad SMARTS) is 1. The molecule has 10 nitrogen and oxygen atoms in total. The number of carboxylic acids is 1. The van der Waals surface area contributed by atoms with Crippen LogP contribution in [0.25, 0.3) is 0 Å². The summed E-state index contributed by atoms with van der Waals surface area (Å²) >= 11 is 7.24. The summed E-state index contributed by atoms with van der Waals surface area (Å²) < 4.78 is 21.1. The molecule has 226 valence electrons. The van der Waals surface area contributed by atoms with Crippen molar-refractivity contribution in [2.45, 2.75) is 45.9 Å². The Labute approximate surface area is 254 Å². The molecule has 4 heterocycles. The average Bonchev–Trinajstić information content (AvgIpc) is 3.58. The second kappa shape index (κ2) is 12.2. The molecule has 1 aromatic carbocycles. The third kappa shape index (κ3) is 6.01. The molecule has 1 aromatic heterocycles.